The fourth-order valence-electron chi connectivity index (χ4n) is 4.97. The molecule has 1 saturated heterocycles. The van der Waals surface area contributed by atoms with E-state index in [-0.39, 0.29) is 55.3 Å². The molecule has 8 heteroatoms. The number of allylic oxidation sites excluding steroid dienone is 3. The normalized spacial score (nSPS) is 35.5. The van der Waals surface area contributed by atoms with Gasteiger partial charge in [-0.3, -0.25) is 9.59 Å². The first kappa shape index (κ1) is 32.2. The topological polar surface area (TPSA) is 126 Å². The van der Waals surface area contributed by atoms with Crippen LogP contribution in [-0.2, 0) is 23.8 Å². The van der Waals surface area contributed by atoms with Crippen molar-refractivity contribution in [3.63, 3.8) is 0 Å². The van der Waals surface area contributed by atoms with Gasteiger partial charge in [-0.05, 0) is 57.1 Å². The molecule has 0 aromatic rings. The number of epoxide rings is 1. The van der Waals surface area contributed by atoms with E-state index < -0.39 is 35.9 Å². The third-order valence-corrected chi connectivity index (χ3v) is 7.63. The summed E-state index contributed by atoms with van der Waals surface area (Å²) in [6.07, 6.45) is 8.50. The summed E-state index contributed by atoms with van der Waals surface area (Å²) < 4.78 is 16.9. The molecule has 0 aliphatic carbocycles. The van der Waals surface area contributed by atoms with Crippen molar-refractivity contribution in [2.45, 2.75) is 123 Å². The molecular weight excluding hydrogens is 488 g/mol. The van der Waals surface area contributed by atoms with Crippen LogP contribution in [0.1, 0.15) is 80.6 Å². The molecule has 0 saturated carbocycles. The predicted molar refractivity (Wildman–Crippen MR) is 145 cm³/mol. The Hall–Kier alpha value is -2.00. The van der Waals surface area contributed by atoms with Crippen LogP contribution in [0.15, 0.2) is 36.0 Å². The lowest BCUT2D eigenvalue weighted by molar-refractivity contribution is -0.157. The van der Waals surface area contributed by atoms with Crippen LogP contribution in [0, 0.1) is 17.8 Å². The van der Waals surface area contributed by atoms with Crippen LogP contribution in [0.2, 0.25) is 0 Å². The number of hydrogen-bond acceptors (Lipinski definition) is 8. The van der Waals surface area contributed by atoms with Crippen LogP contribution >= 0.6 is 0 Å². The van der Waals surface area contributed by atoms with Gasteiger partial charge in [0, 0.05) is 18.8 Å². The molecule has 10 unspecified atom stereocenters. The average molecular weight is 537 g/mol. The summed E-state index contributed by atoms with van der Waals surface area (Å²) in [6.45, 7) is 12.7. The van der Waals surface area contributed by atoms with Crippen molar-refractivity contribution in [2.75, 3.05) is 0 Å². The van der Waals surface area contributed by atoms with E-state index in [9.17, 15) is 24.9 Å². The lowest BCUT2D eigenvalue weighted by atomic mass is 9.88. The molecule has 0 spiro atoms. The Morgan fingerprint density at radius 3 is 2.61 bits per heavy atom. The maximum absolute atomic E-state index is 12.6. The summed E-state index contributed by atoms with van der Waals surface area (Å²) >= 11 is 0. The average Bonchev–Trinajstić information content (AvgIpc) is 3.60. The van der Waals surface area contributed by atoms with E-state index in [0.717, 1.165) is 18.4 Å². The third kappa shape index (κ3) is 9.95. The fourth-order valence-corrected chi connectivity index (χ4v) is 4.97. The molecule has 0 bridgehead atoms. The molecule has 0 radical (unpaired) electrons. The van der Waals surface area contributed by atoms with Crippen LogP contribution in [0.3, 0.4) is 0 Å². The van der Waals surface area contributed by atoms with Gasteiger partial charge < -0.3 is 29.5 Å². The van der Waals surface area contributed by atoms with Crippen molar-refractivity contribution in [2.24, 2.45) is 17.8 Å². The number of carbonyl (C=O) groups excluding carboxylic acids is 2. The largest absolute Gasteiger partial charge is 0.457 e. The standard InChI is InChI=1S/C30H48O8/c1-8-24(33)21(5)29-25(37-29)16-18(2)10-9-11-19(3)28-20(4)12-13-26(36-22(6)31)30(7,35)15-14-23(32)17-27(34)38-28/h9-13,18,20-21,23-26,28-29,32-33,35H,8,14-17H2,1-7H3/b10-9+,13-12?,19-11+. The summed E-state index contributed by atoms with van der Waals surface area (Å²) in [5.41, 5.74) is -0.580. The molecule has 2 aliphatic rings. The predicted octanol–water partition coefficient (Wildman–Crippen LogP) is 4.02. The molecule has 216 valence electrons. The smallest absolute Gasteiger partial charge is 0.309 e. The van der Waals surface area contributed by atoms with Crippen molar-refractivity contribution in [1.29, 1.82) is 0 Å². The van der Waals surface area contributed by atoms with Crippen LogP contribution < -0.4 is 0 Å². The summed E-state index contributed by atoms with van der Waals surface area (Å²) in [5.74, 6) is -0.921. The van der Waals surface area contributed by atoms with Crippen LogP contribution in [0.25, 0.3) is 0 Å². The van der Waals surface area contributed by atoms with Crippen LogP contribution in [-0.4, -0.2) is 69.5 Å². The first-order chi connectivity index (χ1) is 17.7. The van der Waals surface area contributed by atoms with E-state index in [0.29, 0.717) is 0 Å². The Labute approximate surface area is 227 Å². The highest BCUT2D eigenvalue weighted by Gasteiger charge is 2.45. The summed E-state index contributed by atoms with van der Waals surface area (Å²) in [7, 11) is 0. The van der Waals surface area contributed by atoms with Gasteiger partial charge >= 0.3 is 11.9 Å². The van der Waals surface area contributed by atoms with Crippen molar-refractivity contribution in [1.82, 2.24) is 0 Å². The minimum atomic E-state index is -1.40. The first-order valence-electron chi connectivity index (χ1n) is 13.9. The number of esters is 2. The number of aliphatic hydroxyl groups is 3. The zero-order valence-corrected chi connectivity index (χ0v) is 24.0. The molecule has 0 amide bonds. The van der Waals surface area contributed by atoms with Gasteiger partial charge in [-0.2, -0.15) is 0 Å². The number of rotatable bonds is 9. The van der Waals surface area contributed by atoms with Crippen molar-refractivity contribution in [3.05, 3.63) is 36.0 Å². The molecule has 0 aromatic heterocycles. The van der Waals surface area contributed by atoms with Crippen molar-refractivity contribution >= 4 is 11.9 Å². The minimum absolute atomic E-state index is 0.105. The number of ether oxygens (including phenoxy) is 3. The quantitative estimate of drug-likeness (QED) is 0.175. The highest BCUT2D eigenvalue weighted by molar-refractivity contribution is 5.70. The van der Waals surface area contributed by atoms with E-state index in [1.165, 1.54) is 6.92 Å². The van der Waals surface area contributed by atoms with Crippen molar-refractivity contribution in [3.8, 4) is 0 Å². The zero-order valence-electron chi connectivity index (χ0n) is 24.0. The van der Waals surface area contributed by atoms with Gasteiger partial charge in [-0.1, -0.05) is 52.0 Å². The highest BCUT2D eigenvalue weighted by Crippen LogP contribution is 2.36. The summed E-state index contributed by atoms with van der Waals surface area (Å²) in [5, 5.41) is 31.3. The van der Waals surface area contributed by atoms with Gasteiger partial charge in [0.25, 0.3) is 0 Å². The Kier molecular flexibility index (Phi) is 12.2. The van der Waals surface area contributed by atoms with Gasteiger partial charge in [0.05, 0.1) is 30.8 Å². The molecule has 2 aliphatic heterocycles. The Balaban J connectivity index is 2.12. The monoisotopic (exact) mass is 536 g/mol. The minimum Gasteiger partial charge on any atom is -0.457 e. The van der Waals surface area contributed by atoms with Gasteiger partial charge in [0.1, 0.15) is 17.8 Å². The van der Waals surface area contributed by atoms with Crippen molar-refractivity contribution < 1.29 is 39.1 Å². The molecule has 0 aromatic carbocycles. The van der Waals surface area contributed by atoms with E-state index >= 15 is 0 Å². The summed E-state index contributed by atoms with van der Waals surface area (Å²) in [6, 6.07) is 0. The Morgan fingerprint density at radius 2 is 1.97 bits per heavy atom. The Bertz CT molecular complexity index is 875. The molecule has 1 fully saturated rings. The molecule has 3 N–H and O–H groups in total. The second-order valence-electron chi connectivity index (χ2n) is 11.4. The maximum atomic E-state index is 12.6. The molecule has 8 nitrogen and oxygen atoms in total. The van der Waals surface area contributed by atoms with E-state index in [1.807, 2.05) is 39.8 Å². The lowest BCUT2D eigenvalue weighted by Crippen LogP contribution is -2.42. The van der Waals surface area contributed by atoms with E-state index in [2.05, 4.69) is 13.0 Å². The van der Waals surface area contributed by atoms with Crippen LogP contribution in [0.5, 0.6) is 0 Å². The van der Waals surface area contributed by atoms with Gasteiger partial charge in [-0.25, -0.2) is 0 Å². The number of aliphatic hydroxyl groups excluding tert-OH is 2. The first-order valence-corrected chi connectivity index (χ1v) is 13.9. The van der Waals surface area contributed by atoms with E-state index in [1.54, 1.807) is 19.1 Å². The van der Waals surface area contributed by atoms with Gasteiger partial charge in [-0.15, -0.1) is 0 Å². The Morgan fingerprint density at radius 1 is 1.29 bits per heavy atom. The van der Waals surface area contributed by atoms with E-state index in [4.69, 9.17) is 14.2 Å². The number of cyclic esters (lactones) is 1. The lowest BCUT2D eigenvalue weighted by Gasteiger charge is -2.32. The molecular formula is C30H48O8. The SMILES string of the molecule is CCC(O)C(C)C1OC1CC(C)/C=C/C=C(\C)C1OC(=O)CC(O)CCC(C)(O)C(OC(C)=O)C=CC1C. The second kappa shape index (κ2) is 14.4. The highest BCUT2D eigenvalue weighted by atomic mass is 16.6. The maximum Gasteiger partial charge on any atom is 0.309 e. The molecule has 2 rings (SSSR count). The fraction of sp³-hybridized carbons (Fsp3) is 0.733. The molecule has 10 atom stereocenters. The number of carbonyl (C=O) groups is 2. The van der Waals surface area contributed by atoms with Gasteiger partial charge in [0.2, 0.25) is 0 Å². The summed E-state index contributed by atoms with van der Waals surface area (Å²) in [4.78, 5) is 24.2. The van der Waals surface area contributed by atoms with Crippen LogP contribution in [0.4, 0.5) is 0 Å². The second-order valence-corrected chi connectivity index (χ2v) is 11.4. The van der Waals surface area contributed by atoms with Gasteiger partial charge in [0.15, 0.2) is 0 Å². The molecule has 2 heterocycles. The molecule has 38 heavy (non-hydrogen) atoms. The number of hydrogen-bond donors (Lipinski definition) is 3. The zero-order chi connectivity index (χ0) is 28.6. The third-order valence-electron chi connectivity index (χ3n) is 7.63.